The van der Waals surface area contributed by atoms with Gasteiger partial charge in [-0.05, 0) is 55.9 Å². The van der Waals surface area contributed by atoms with Crippen molar-refractivity contribution in [2.24, 2.45) is 5.92 Å². The summed E-state index contributed by atoms with van der Waals surface area (Å²) in [4.78, 5) is 4.97. The van der Waals surface area contributed by atoms with E-state index in [4.69, 9.17) is 14.2 Å². The molecule has 0 unspecified atom stereocenters. The maximum atomic E-state index is 10.7. The van der Waals surface area contributed by atoms with E-state index in [2.05, 4.69) is 46.1 Å². The smallest absolute Gasteiger partial charge is 0.141 e. The lowest BCUT2D eigenvalue weighted by molar-refractivity contribution is 0.0553. The first-order valence-corrected chi connectivity index (χ1v) is 13.1. The molecule has 2 aromatic carbocycles. The zero-order valence-corrected chi connectivity index (χ0v) is 21.6. The fourth-order valence-electron chi connectivity index (χ4n) is 5.98. The molecule has 0 radical (unpaired) electrons. The SMILES string of the molecule is Cc1noc(C)c1-c1cnc2c3ccc([C@@H](O)CC#N)cc3n([C@H](c3ccccc3)C3CCOCC3)c2c1. The fraction of sp³-hybridized carbons (Fsp3) is 0.323. The molecule has 0 aliphatic carbocycles. The average molecular weight is 507 g/mol. The number of ether oxygens (including phenoxy) is 1. The number of aliphatic hydroxyl groups excluding tert-OH is 1. The number of benzene rings is 2. The molecule has 3 aromatic heterocycles. The van der Waals surface area contributed by atoms with Crippen molar-refractivity contribution < 1.29 is 14.4 Å². The van der Waals surface area contributed by atoms with E-state index >= 15 is 0 Å². The van der Waals surface area contributed by atoms with Crippen molar-refractivity contribution in [3.63, 3.8) is 0 Å². The first kappa shape index (κ1) is 24.4. The summed E-state index contributed by atoms with van der Waals surface area (Å²) < 4.78 is 13.6. The molecular formula is C31H30N4O3. The largest absolute Gasteiger partial charge is 0.387 e. The van der Waals surface area contributed by atoms with Gasteiger partial charge in [0.15, 0.2) is 0 Å². The van der Waals surface area contributed by atoms with Crippen LogP contribution in [-0.4, -0.2) is 33.0 Å². The van der Waals surface area contributed by atoms with Crippen molar-refractivity contribution in [3.05, 3.63) is 83.4 Å². The highest BCUT2D eigenvalue weighted by atomic mass is 16.5. The lowest BCUT2D eigenvalue weighted by atomic mass is 9.86. The summed E-state index contributed by atoms with van der Waals surface area (Å²) in [5, 5.41) is 25.1. The molecule has 4 heterocycles. The summed E-state index contributed by atoms with van der Waals surface area (Å²) in [6, 6.07) is 20.9. The Bertz CT molecular complexity index is 1620. The number of pyridine rings is 1. The van der Waals surface area contributed by atoms with Crippen LogP contribution < -0.4 is 0 Å². The Morgan fingerprint density at radius 3 is 2.55 bits per heavy atom. The second-order valence-electron chi connectivity index (χ2n) is 10.1. The first-order chi connectivity index (χ1) is 18.6. The van der Waals surface area contributed by atoms with Crippen LogP contribution in [0.25, 0.3) is 33.1 Å². The van der Waals surface area contributed by atoms with E-state index in [0.717, 1.165) is 76.1 Å². The van der Waals surface area contributed by atoms with Crippen molar-refractivity contribution in [1.82, 2.24) is 14.7 Å². The summed E-state index contributed by atoms with van der Waals surface area (Å²) >= 11 is 0. The van der Waals surface area contributed by atoms with Gasteiger partial charge in [0.2, 0.25) is 0 Å². The maximum absolute atomic E-state index is 10.7. The van der Waals surface area contributed by atoms with Gasteiger partial charge in [-0.3, -0.25) is 4.98 Å². The molecule has 1 aliphatic rings. The van der Waals surface area contributed by atoms with Gasteiger partial charge < -0.3 is 18.9 Å². The van der Waals surface area contributed by atoms with Gasteiger partial charge in [0, 0.05) is 35.9 Å². The predicted octanol–water partition coefficient (Wildman–Crippen LogP) is 6.42. The van der Waals surface area contributed by atoms with E-state index in [0.29, 0.717) is 5.92 Å². The zero-order chi connectivity index (χ0) is 26.2. The molecule has 7 heteroatoms. The third-order valence-electron chi connectivity index (χ3n) is 7.79. The standard InChI is InChI=1S/C31H30N4O3/c1-19-29(20(2)38-34-19)24-17-27-30(33-18-24)25-9-8-23(28(36)10-13-32)16-26(25)35(27)31(21-6-4-3-5-7-21)22-11-14-37-15-12-22/h3-9,16-18,22,28,31,36H,10-12,14-15H2,1-2H3/t28-,31+/m0/s1. The topological polar surface area (TPSA) is 97.1 Å². The Morgan fingerprint density at radius 2 is 1.84 bits per heavy atom. The Hall–Kier alpha value is -3.99. The van der Waals surface area contributed by atoms with Crippen molar-refractivity contribution >= 4 is 21.9 Å². The molecule has 5 aromatic rings. The molecule has 0 saturated carbocycles. The minimum Gasteiger partial charge on any atom is -0.387 e. The van der Waals surface area contributed by atoms with E-state index in [9.17, 15) is 10.4 Å². The van der Waals surface area contributed by atoms with E-state index in [-0.39, 0.29) is 12.5 Å². The monoisotopic (exact) mass is 506 g/mol. The number of nitriles is 1. The molecule has 1 saturated heterocycles. The molecule has 1 N–H and O–H groups in total. The second kappa shape index (κ2) is 10.1. The summed E-state index contributed by atoms with van der Waals surface area (Å²) in [7, 11) is 0. The van der Waals surface area contributed by atoms with Gasteiger partial charge in [0.05, 0.1) is 46.9 Å². The minimum absolute atomic E-state index is 0.0439. The van der Waals surface area contributed by atoms with E-state index in [1.54, 1.807) is 0 Å². The third kappa shape index (κ3) is 4.16. The maximum Gasteiger partial charge on any atom is 0.141 e. The number of hydrogen-bond acceptors (Lipinski definition) is 6. The first-order valence-electron chi connectivity index (χ1n) is 13.1. The molecule has 1 aliphatic heterocycles. The molecule has 0 spiro atoms. The van der Waals surface area contributed by atoms with Gasteiger partial charge >= 0.3 is 0 Å². The average Bonchev–Trinajstić information content (AvgIpc) is 3.45. The summed E-state index contributed by atoms with van der Waals surface area (Å²) in [6.45, 7) is 5.34. The van der Waals surface area contributed by atoms with Crippen LogP contribution in [0.1, 0.15) is 54.0 Å². The molecule has 0 bridgehead atoms. The van der Waals surface area contributed by atoms with Crippen molar-refractivity contribution in [1.29, 1.82) is 5.26 Å². The highest BCUT2D eigenvalue weighted by molar-refractivity contribution is 6.07. The van der Waals surface area contributed by atoms with Gasteiger partial charge in [0.1, 0.15) is 5.76 Å². The number of hydrogen-bond donors (Lipinski definition) is 1. The van der Waals surface area contributed by atoms with Crippen LogP contribution in [0.5, 0.6) is 0 Å². The Labute approximate surface area is 221 Å². The number of aliphatic hydroxyl groups is 1. The van der Waals surface area contributed by atoms with Crippen LogP contribution in [0.4, 0.5) is 0 Å². The summed E-state index contributed by atoms with van der Waals surface area (Å²) in [5.41, 5.74) is 7.63. The van der Waals surface area contributed by atoms with E-state index in [1.165, 1.54) is 5.56 Å². The second-order valence-corrected chi connectivity index (χ2v) is 10.1. The van der Waals surface area contributed by atoms with Crippen LogP contribution in [0.2, 0.25) is 0 Å². The molecule has 38 heavy (non-hydrogen) atoms. The molecule has 7 nitrogen and oxygen atoms in total. The molecule has 6 rings (SSSR count). The molecule has 2 atom stereocenters. The van der Waals surface area contributed by atoms with Gasteiger partial charge in [-0.2, -0.15) is 5.26 Å². The van der Waals surface area contributed by atoms with Gasteiger partial charge in [-0.1, -0.05) is 47.6 Å². The Morgan fingerprint density at radius 1 is 1.05 bits per heavy atom. The number of nitrogens with zero attached hydrogens (tertiary/aromatic N) is 4. The third-order valence-corrected chi connectivity index (χ3v) is 7.79. The van der Waals surface area contributed by atoms with Crippen LogP contribution >= 0.6 is 0 Å². The van der Waals surface area contributed by atoms with Crippen LogP contribution in [0.3, 0.4) is 0 Å². The number of aromatic nitrogens is 3. The van der Waals surface area contributed by atoms with Crippen LogP contribution in [0.15, 0.2) is 65.3 Å². The highest BCUT2D eigenvalue weighted by Gasteiger charge is 2.30. The fourth-order valence-corrected chi connectivity index (χ4v) is 5.98. The quantitative estimate of drug-likeness (QED) is 0.285. The van der Waals surface area contributed by atoms with Crippen molar-refractivity contribution in [2.45, 2.75) is 45.3 Å². The van der Waals surface area contributed by atoms with Gasteiger partial charge in [-0.15, -0.1) is 0 Å². The lowest BCUT2D eigenvalue weighted by Crippen LogP contribution is -2.27. The summed E-state index contributed by atoms with van der Waals surface area (Å²) in [5.74, 6) is 1.12. The van der Waals surface area contributed by atoms with E-state index < -0.39 is 6.10 Å². The predicted molar refractivity (Wildman–Crippen MR) is 146 cm³/mol. The zero-order valence-electron chi connectivity index (χ0n) is 21.6. The Balaban J connectivity index is 1.67. The van der Waals surface area contributed by atoms with Crippen molar-refractivity contribution in [3.8, 4) is 17.2 Å². The van der Waals surface area contributed by atoms with Gasteiger partial charge in [0.25, 0.3) is 0 Å². The lowest BCUT2D eigenvalue weighted by Gasteiger charge is -2.33. The molecule has 0 amide bonds. The normalized spacial score (nSPS) is 16.1. The molecule has 192 valence electrons. The van der Waals surface area contributed by atoms with E-state index in [1.807, 2.05) is 44.3 Å². The number of rotatable bonds is 6. The molecule has 1 fully saturated rings. The van der Waals surface area contributed by atoms with Crippen LogP contribution in [-0.2, 0) is 4.74 Å². The van der Waals surface area contributed by atoms with Crippen LogP contribution in [0, 0.1) is 31.1 Å². The van der Waals surface area contributed by atoms with Crippen molar-refractivity contribution in [2.75, 3.05) is 13.2 Å². The number of aryl methyl sites for hydroxylation is 2. The van der Waals surface area contributed by atoms with Gasteiger partial charge in [-0.25, -0.2) is 0 Å². The minimum atomic E-state index is -0.847. The summed E-state index contributed by atoms with van der Waals surface area (Å²) in [6.07, 6.45) is 2.99. The number of fused-ring (bicyclic) bond motifs is 3. The highest BCUT2D eigenvalue weighted by Crippen LogP contribution is 2.42. The Kier molecular flexibility index (Phi) is 6.44. The molecular weight excluding hydrogens is 476 g/mol.